The van der Waals surface area contributed by atoms with Crippen LogP contribution in [-0.2, 0) is 28.6 Å². The number of rotatable bonds is 48. The third kappa shape index (κ3) is 55.7. The molecule has 6 nitrogen and oxygen atoms in total. The van der Waals surface area contributed by atoms with Gasteiger partial charge in [0.1, 0.15) is 13.2 Å². The van der Waals surface area contributed by atoms with Crippen molar-refractivity contribution >= 4 is 17.9 Å². The van der Waals surface area contributed by atoms with Crippen LogP contribution in [-0.4, -0.2) is 37.2 Å². The first-order valence-electron chi connectivity index (χ1n) is 28.1. The lowest BCUT2D eigenvalue weighted by atomic mass is 10.1. The van der Waals surface area contributed by atoms with Gasteiger partial charge in [-0.05, 0) is 128 Å². The fraction of sp³-hybridized carbons (Fsp3) is 0.530. The zero-order valence-corrected chi connectivity index (χ0v) is 45.6. The number of hydrogen-bond acceptors (Lipinski definition) is 6. The Morgan fingerprint density at radius 3 is 0.903 bits per heavy atom. The Morgan fingerprint density at radius 1 is 0.292 bits per heavy atom. The molecule has 0 bridgehead atoms. The van der Waals surface area contributed by atoms with Crippen LogP contribution in [0.25, 0.3) is 0 Å². The van der Waals surface area contributed by atoms with Crippen LogP contribution in [0, 0.1) is 0 Å². The second-order valence-corrected chi connectivity index (χ2v) is 17.7. The van der Waals surface area contributed by atoms with E-state index in [1.54, 1.807) is 0 Å². The van der Waals surface area contributed by atoms with E-state index in [1.165, 1.54) is 19.3 Å². The fourth-order valence-electron chi connectivity index (χ4n) is 6.82. The molecule has 0 saturated carbocycles. The van der Waals surface area contributed by atoms with E-state index >= 15 is 0 Å². The first-order chi connectivity index (χ1) is 35.5. The maximum absolute atomic E-state index is 12.8. The predicted molar refractivity (Wildman–Crippen MR) is 311 cm³/mol. The summed E-state index contributed by atoms with van der Waals surface area (Å²) >= 11 is 0. The molecule has 0 aliphatic heterocycles. The highest BCUT2D eigenvalue weighted by molar-refractivity contribution is 5.71. The Bertz CT molecular complexity index is 1700. The Kier molecular flexibility index (Phi) is 54.1. The predicted octanol–water partition coefficient (Wildman–Crippen LogP) is 19.1. The maximum atomic E-state index is 12.8. The second kappa shape index (κ2) is 58.3. The molecular weight excluding hydrogens is 889 g/mol. The van der Waals surface area contributed by atoms with Gasteiger partial charge in [0.25, 0.3) is 0 Å². The molecule has 1 unspecified atom stereocenters. The van der Waals surface area contributed by atoms with Gasteiger partial charge in [-0.1, -0.05) is 229 Å². The Morgan fingerprint density at radius 2 is 0.556 bits per heavy atom. The van der Waals surface area contributed by atoms with E-state index in [1.807, 2.05) is 0 Å². The van der Waals surface area contributed by atoms with E-state index in [0.717, 1.165) is 135 Å². The van der Waals surface area contributed by atoms with Crippen molar-refractivity contribution in [1.29, 1.82) is 0 Å². The van der Waals surface area contributed by atoms with Crippen LogP contribution in [0.1, 0.15) is 207 Å². The lowest BCUT2D eigenvalue weighted by Gasteiger charge is -2.18. The summed E-state index contributed by atoms with van der Waals surface area (Å²) in [4.78, 5) is 37.8. The normalized spacial score (nSPS) is 13.4. The van der Waals surface area contributed by atoms with Crippen molar-refractivity contribution in [3.63, 3.8) is 0 Å². The van der Waals surface area contributed by atoms with E-state index in [4.69, 9.17) is 14.2 Å². The average molecular weight is 990 g/mol. The molecule has 0 aromatic rings. The van der Waals surface area contributed by atoms with Gasteiger partial charge in [-0.2, -0.15) is 0 Å². The molecule has 1 atom stereocenters. The van der Waals surface area contributed by atoms with E-state index in [2.05, 4.69) is 191 Å². The maximum Gasteiger partial charge on any atom is 0.306 e. The molecule has 0 spiro atoms. The van der Waals surface area contributed by atoms with Crippen LogP contribution < -0.4 is 0 Å². The molecule has 0 aromatic carbocycles. The molecule has 0 heterocycles. The van der Waals surface area contributed by atoms with Crippen molar-refractivity contribution < 1.29 is 28.6 Å². The van der Waals surface area contributed by atoms with Crippen molar-refractivity contribution in [1.82, 2.24) is 0 Å². The van der Waals surface area contributed by atoms with Crippen molar-refractivity contribution in [2.24, 2.45) is 0 Å². The molecule has 72 heavy (non-hydrogen) atoms. The van der Waals surface area contributed by atoms with Gasteiger partial charge in [0.05, 0.1) is 0 Å². The van der Waals surface area contributed by atoms with Crippen LogP contribution in [0.2, 0.25) is 0 Å². The third-order valence-corrected chi connectivity index (χ3v) is 11.0. The minimum atomic E-state index is -0.825. The van der Waals surface area contributed by atoms with Crippen LogP contribution in [0.3, 0.4) is 0 Å². The molecule has 0 N–H and O–H groups in total. The minimum Gasteiger partial charge on any atom is -0.462 e. The van der Waals surface area contributed by atoms with E-state index < -0.39 is 6.10 Å². The number of esters is 3. The summed E-state index contributed by atoms with van der Waals surface area (Å²) in [6.45, 7) is 6.24. The molecule has 0 aliphatic carbocycles. The molecular formula is C66H100O6. The van der Waals surface area contributed by atoms with E-state index in [0.29, 0.717) is 19.3 Å². The zero-order chi connectivity index (χ0) is 52.2. The Hall–Kier alpha value is -5.23. The van der Waals surface area contributed by atoms with Crippen LogP contribution in [0.15, 0.2) is 170 Å². The monoisotopic (exact) mass is 989 g/mol. The number of unbranched alkanes of at least 4 members (excludes halogenated alkanes) is 9. The van der Waals surface area contributed by atoms with Crippen molar-refractivity contribution in [3.05, 3.63) is 170 Å². The number of carbonyl (C=O) groups excluding carboxylic acids is 3. The molecule has 0 radical (unpaired) electrons. The van der Waals surface area contributed by atoms with E-state index in [-0.39, 0.29) is 44.0 Å². The topological polar surface area (TPSA) is 78.9 Å². The molecule has 0 aliphatic rings. The van der Waals surface area contributed by atoms with Crippen LogP contribution >= 0.6 is 0 Å². The summed E-state index contributed by atoms with van der Waals surface area (Å²) in [5.74, 6) is -1.04. The Balaban J connectivity index is 4.36. The highest BCUT2D eigenvalue weighted by Gasteiger charge is 2.19. The molecule has 0 fully saturated rings. The van der Waals surface area contributed by atoms with Crippen LogP contribution in [0.5, 0.6) is 0 Å². The molecule has 0 aromatic heterocycles. The molecule has 400 valence electrons. The first-order valence-corrected chi connectivity index (χ1v) is 28.1. The largest absolute Gasteiger partial charge is 0.462 e. The summed E-state index contributed by atoms with van der Waals surface area (Å²) in [5, 5.41) is 0. The molecule has 6 heteroatoms. The van der Waals surface area contributed by atoms with Gasteiger partial charge in [0.2, 0.25) is 0 Å². The summed E-state index contributed by atoms with van der Waals surface area (Å²) < 4.78 is 16.6. The molecule has 0 rings (SSSR count). The fourth-order valence-corrected chi connectivity index (χ4v) is 6.82. The van der Waals surface area contributed by atoms with Gasteiger partial charge in [0.15, 0.2) is 6.10 Å². The third-order valence-electron chi connectivity index (χ3n) is 11.0. The first kappa shape index (κ1) is 66.8. The van der Waals surface area contributed by atoms with Gasteiger partial charge in [-0.25, -0.2) is 0 Å². The van der Waals surface area contributed by atoms with Gasteiger partial charge in [-0.15, -0.1) is 0 Å². The smallest absolute Gasteiger partial charge is 0.306 e. The lowest BCUT2D eigenvalue weighted by Crippen LogP contribution is -2.30. The SMILES string of the molecule is CC/C=C\C/C=C\C/C=C\C/C=C\C/C=C\C/C=C\C/C=C\C/C=C\C/C=C\CCCC(=O)OCC(COC(=O)CCCCCCCC)OC(=O)CCCCC/C=C\C/C=C\C/C=C\C/C=C\C/C=C\CC. The van der Waals surface area contributed by atoms with Crippen molar-refractivity contribution in [2.45, 2.75) is 213 Å². The quantitative estimate of drug-likeness (QED) is 0.0262. The summed E-state index contributed by atoms with van der Waals surface area (Å²) in [5.41, 5.74) is 0. The van der Waals surface area contributed by atoms with Gasteiger partial charge >= 0.3 is 17.9 Å². The number of allylic oxidation sites excluding steroid dienone is 28. The minimum absolute atomic E-state index is 0.118. The average Bonchev–Trinajstić information content (AvgIpc) is 3.38. The number of carbonyl (C=O) groups is 3. The molecule has 0 saturated heterocycles. The van der Waals surface area contributed by atoms with Gasteiger partial charge in [0, 0.05) is 19.3 Å². The van der Waals surface area contributed by atoms with Gasteiger partial charge in [-0.3, -0.25) is 14.4 Å². The van der Waals surface area contributed by atoms with Crippen LogP contribution in [0.4, 0.5) is 0 Å². The highest BCUT2D eigenvalue weighted by atomic mass is 16.6. The molecule has 0 amide bonds. The van der Waals surface area contributed by atoms with Crippen molar-refractivity contribution in [2.75, 3.05) is 13.2 Å². The van der Waals surface area contributed by atoms with Gasteiger partial charge < -0.3 is 14.2 Å². The highest BCUT2D eigenvalue weighted by Crippen LogP contribution is 2.11. The summed E-state index contributed by atoms with van der Waals surface area (Å²) in [7, 11) is 0. The second-order valence-electron chi connectivity index (χ2n) is 17.7. The zero-order valence-electron chi connectivity index (χ0n) is 45.6. The lowest BCUT2D eigenvalue weighted by molar-refractivity contribution is -0.167. The number of hydrogen-bond donors (Lipinski definition) is 0. The Labute approximate surface area is 441 Å². The van der Waals surface area contributed by atoms with Crippen molar-refractivity contribution in [3.8, 4) is 0 Å². The number of ether oxygens (including phenoxy) is 3. The standard InChI is InChI=1S/C66H100O6/c1-4-7-10-13-16-18-20-22-24-26-28-29-30-31-32-33-34-35-36-37-39-40-42-44-46-48-50-53-56-59-65(68)71-62-63(61-70-64(67)58-55-52-15-12-9-6-3)72-66(69)60-57-54-51-49-47-45-43-41-38-27-25-23-21-19-17-14-11-8-5-2/h7-8,10-11,16-19,22-25,28-29,31-32,34-35,37-39,41-42,44-45,47-48,50,63H,4-6,9,12-15,20-21,26-27,30,33,36,40,43,46,49,51-62H2,1-3H3/b10-7-,11-8-,18-16-,19-17-,24-22-,25-23-,29-28-,32-31-,35-34-,39-37-,41-38-,44-42-,47-45-,50-48-. The van der Waals surface area contributed by atoms with E-state index in [9.17, 15) is 14.4 Å². The summed E-state index contributed by atoms with van der Waals surface area (Å²) in [6, 6.07) is 0. The summed E-state index contributed by atoms with van der Waals surface area (Å²) in [6.07, 6.45) is 86.7.